The van der Waals surface area contributed by atoms with Crippen LogP contribution in [0.4, 0.5) is 4.79 Å². The number of halogens is 1. The number of aliphatic hydroxyl groups excluding tert-OH is 1. The summed E-state index contributed by atoms with van der Waals surface area (Å²) in [4.78, 5) is 16.1. The first-order valence-corrected chi connectivity index (χ1v) is 8.32. The summed E-state index contributed by atoms with van der Waals surface area (Å²) in [7, 11) is 0. The van der Waals surface area contributed by atoms with Gasteiger partial charge in [0.05, 0.1) is 23.4 Å². The molecule has 6 heteroatoms. The van der Waals surface area contributed by atoms with Gasteiger partial charge >= 0.3 is 6.03 Å². The van der Waals surface area contributed by atoms with Crippen molar-refractivity contribution in [1.29, 1.82) is 0 Å². The molecule has 1 aliphatic rings. The minimum atomic E-state index is -0.558. The number of benzene rings is 1. The molecule has 2 amide bonds. The van der Waals surface area contributed by atoms with Gasteiger partial charge in [0.2, 0.25) is 0 Å². The Morgan fingerprint density at radius 3 is 2.58 bits per heavy atom. The van der Waals surface area contributed by atoms with Crippen LogP contribution in [0.5, 0.6) is 0 Å². The lowest BCUT2D eigenvalue weighted by molar-refractivity contribution is 0.0932. The smallest absolute Gasteiger partial charge is 0.315 e. The van der Waals surface area contributed by atoms with E-state index in [2.05, 4.69) is 15.6 Å². The number of rotatable bonds is 6. The van der Waals surface area contributed by atoms with E-state index in [0.717, 1.165) is 24.1 Å². The van der Waals surface area contributed by atoms with Crippen LogP contribution in [0.25, 0.3) is 0 Å². The molecule has 5 nitrogen and oxygen atoms in total. The predicted octanol–water partition coefficient (Wildman–Crippen LogP) is 3.05. The van der Waals surface area contributed by atoms with Crippen LogP contribution in [-0.2, 0) is 6.54 Å². The molecular formula is C18H20ClN3O2. The average molecular weight is 346 g/mol. The van der Waals surface area contributed by atoms with E-state index < -0.39 is 6.10 Å². The maximum atomic E-state index is 12.0. The third-order valence-electron chi connectivity index (χ3n) is 4.41. The maximum Gasteiger partial charge on any atom is 0.315 e. The van der Waals surface area contributed by atoms with Gasteiger partial charge in [0.15, 0.2) is 0 Å². The van der Waals surface area contributed by atoms with Crippen LogP contribution in [0.15, 0.2) is 48.7 Å². The summed E-state index contributed by atoms with van der Waals surface area (Å²) in [5.74, 6) is 0. The highest BCUT2D eigenvalue weighted by atomic mass is 35.5. The number of hydrogen-bond donors (Lipinski definition) is 3. The van der Waals surface area contributed by atoms with Crippen LogP contribution in [-0.4, -0.2) is 22.7 Å². The first kappa shape index (κ1) is 16.7. The first-order valence-electron chi connectivity index (χ1n) is 7.94. The van der Waals surface area contributed by atoms with Gasteiger partial charge < -0.3 is 15.7 Å². The van der Waals surface area contributed by atoms with Crippen molar-refractivity contribution in [2.45, 2.75) is 25.5 Å². The van der Waals surface area contributed by atoms with Crippen LogP contribution in [0.3, 0.4) is 0 Å². The Labute approximate surface area is 146 Å². The Morgan fingerprint density at radius 1 is 1.21 bits per heavy atom. The molecule has 2 aromatic rings. The Bertz CT molecular complexity index is 687. The molecule has 1 aromatic carbocycles. The zero-order chi connectivity index (χ0) is 17.0. The van der Waals surface area contributed by atoms with Gasteiger partial charge in [0.25, 0.3) is 0 Å². The summed E-state index contributed by atoms with van der Waals surface area (Å²) in [6, 6.07) is 12.8. The van der Waals surface area contributed by atoms with Gasteiger partial charge in [-0.2, -0.15) is 0 Å². The van der Waals surface area contributed by atoms with E-state index in [1.54, 1.807) is 18.3 Å². The number of carbonyl (C=O) groups excluding carboxylic acids is 1. The number of carbonyl (C=O) groups is 1. The molecule has 1 atom stereocenters. The molecule has 3 rings (SSSR count). The lowest BCUT2D eigenvalue weighted by Crippen LogP contribution is -2.40. The number of pyridine rings is 1. The molecule has 1 saturated carbocycles. The van der Waals surface area contributed by atoms with Crippen LogP contribution < -0.4 is 10.6 Å². The number of hydrogen-bond acceptors (Lipinski definition) is 3. The highest BCUT2D eigenvalue weighted by Gasteiger charge is 2.49. The predicted molar refractivity (Wildman–Crippen MR) is 92.6 cm³/mol. The lowest BCUT2D eigenvalue weighted by atomic mass is 9.93. The van der Waals surface area contributed by atoms with Crippen LogP contribution in [0.2, 0.25) is 5.02 Å². The minimum absolute atomic E-state index is 0.253. The molecule has 1 unspecified atom stereocenters. The first-order chi connectivity index (χ1) is 11.6. The summed E-state index contributed by atoms with van der Waals surface area (Å²) in [5, 5.41) is 16.7. The molecule has 1 heterocycles. The maximum absolute atomic E-state index is 12.0. The second-order valence-electron chi connectivity index (χ2n) is 6.18. The van der Waals surface area contributed by atoms with E-state index in [1.807, 2.05) is 30.3 Å². The number of aliphatic hydroxyl groups is 1. The average Bonchev–Trinajstić information content (AvgIpc) is 3.41. The highest BCUT2D eigenvalue weighted by Crippen LogP contribution is 2.54. The van der Waals surface area contributed by atoms with Gasteiger partial charge in [-0.25, -0.2) is 4.79 Å². The number of nitrogens with one attached hydrogen (secondary N) is 2. The van der Waals surface area contributed by atoms with Gasteiger partial charge in [-0.15, -0.1) is 0 Å². The molecule has 0 radical (unpaired) electrons. The quantitative estimate of drug-likeness (QED) is 0.753. The number of amides is 2. The van der Waals surface area contributed by atoms with Crippen molar-refractivity contribution in [3.63, 3.8) is 0 Å². The SMILES string of the molecule is O=C(NCc1ccc(Cl)cn1)NCC1(C(O)c2ccccc2)CC1. The molecule has 3 N–H and O–H groups in total. The van der Waals surface area contributed by atoms with E-state index >= 15 is 0 Å². The third kappa shape index (κ3) is 4.04. The van der Waals surface area contributed by atoms with Gasteiger partial charge in [0.1, 0.15) is 0 Å². The molecule has 0 bridgehead atoms. The molecule has 24 heavy (non-hydrogen) atoms. The van der Waals surface area contributed by atoms with Crippen LogP contribution in [0, 0.1) is 5.41 Å². The molecular weight excluding hydrogens is 326 g/mol. The Morgan fingerprint density at radius 2 is 1.96 bits per heavy atom. The Hall–Kier alpha value is -2.11. The van der Waals surface area contributed by atoms with Crippen LogP contribution >= 0.6 is 11.6 Å². The summed E-state index contributed by atoms with van der Waals surface area (Å²) in [6.07, 6.45) is 2.80. The number of urea groups is 1. The van der Waals surface area contributed by atoms with Gasteiger partial charge in [-0.1, -0.05) is 41.9 Å². The molecule has 1 fully saturated rings. The van der Waals surface area contributed by atoms with Crippen molar-refractivity contribution < 1.29 is 9.90 Å². The largest absolute Gasteiger partial charge is 0.388 e. The lowest BCUT2D eigenvalue weighted by Gasteiger charge is -2.23. The van der Waals surface area contributed by atoms with Gasteiger partial charge in [-0.05, 0) is 30.5 Å². The zero-order valence-electron chi connectivity index (χ0n) is 13.2. The van der Waals surface area contributed by atoms with E-state index in [9.17, 15) is 9.90 Å². The van der Waals surface area contributed by atoms with Crippen molar-refractivity contribution in [3.8, 4) is 0 Å². The monoisotopic (exact) mass is 345 g/mol. The second kappa shape index (κ2) is 7.20. The molecule has 1 aromatic heterocycles. The topological polar surface area (TPSA) is 74.2 Å². The molecule has 0 spiro atoms. The molecule has 1 aliphatic carbocycles. The van der Waals surface area contributed by atoms with E-state index in [4.69, 9.17) is 11.6 Å². The normalized spacial score (nSPS) is 16.2. The van der Waals surface area contributed by atoms with Crippen molar-refractivity contribution in [2.75, 3.05) is 6.54 Å². The van der Waals surface area contributed by atoms with Gasteiger partial charge in [-0.3, -0.25) is 4.98 Å². The summed E-state index contributed by atoms with van der Waals surface area (Å²) < 4.78 is 0. The summed E-state index contributed by atoms with van der Waals surface area (Å²) in [5.41, 5.74) is 1.37. The number of nitrogens with zero attached hydrogens (tertiary/aromatic N) is 1. The fraction of sp³-hybridized carbons (Fsp3) is 0.333. The van der Waals surface area contributed by atoms with Crippen molar-refractivity contribution in [2.24, 2.45) is 5.41 Å². The Balaban J connectivity index is 1.48. The van der Waals surface area contributed by atoms with Crippen molar-refractivity contribution >= 4 is 17.6 Å². The molecule has 0 aliphatic heterocycles. The minimum Gasteiger partial charge on any atom is -0.388 e. The molecule has 0 saturated heterocycles. The van der Waals surface area contributed by atoms with Crippen LogP contribution in [0.1, 0.15) is 30.2 Å². The fourth-order valence-electron chi connectivity index (χ4n) is 2.70. The van der Waals surface area contributed by atoms with Gasteiger partial charge in [0, 0.05) is 18.2 Å². The molecule has 126 valence electrons. The standard InChI is InChI=1S/C18H20ClN3O2/c19-14-6-7-15(20-10-14)11-21-17(24)22-12-18(8-9-18)16(23)13-4-2-1-3-5-13/h1-7,10,16,23H,8-9,11-12H2,(H2,21,22,24). The van der Waals surface area contributed by atoms with E-state index in [-0.39, 0.29) is 11.4 Å². The summed E-state index contributed by atoms with van der Waals surface area (Å²) >= 11 is 5.78. The second-order valence-corrected chi connectivity index (χ2v) is 6.62. The fourth-order valence-corrected chi connectivity index (χ4v) is 2.81. The summed E-state index contributed by atoms with van der Waals surface area (Å²) in [6.45, 7) is 0.778. The van der Waals surface area contributed by atoms with E-state index in [1.165, 1.54) is 0 Å². The Kier molecular flexibility index (Phi) is 5.02. The van der Waals surface area contributed by atoms with Crippen molar-refractivity contribution in [3.05, 3.63) is 64.9 Å². The number of aromatic nitrogens is 1. The highest BCUT2D eigenvalue weighted by molar-refractivity contribution is 6.30. The third-order valence-corrected chi connectivity index (χ3v) is 4.63. The van der Waals surface area contributed by atoms with Crippen molar-refractivity contribution in [1.82, 2.24) is 15.6 Å². The zero-order valence-corrected chi connectivity index (χ0v) is 14.0. The van der Waals surface area contributed by atoms with E-state index in [0.29, 0.717) is 18.1 Å².